The van der Waals surface area contributed by atoms with Crippen molar-refractivity contribution in [2.45, 2.75) is 37.9 Å². The molecule has 1 fully saturated rings. The van der Waals surface area contributed by atoms with E-state index in [1.807, 2.05) is 11.8 Å². The molecule has 1 amide bonds. The van der Waals surface area contributed by atoms with Crippen LogP contribution in [0.1, 0.15) is 32.6 Å². The molecule has 0 bridgehead atoms. The number of amidine groups is 1. The molecule has 1 rings (SSSR count). The fraction of sp³-hybridized carbons (Fsp3) is 0.800. The van der Waals surface area contributed by atoms with Gasteiger partial charge in [0, 0.05) is 13.1 Å². The first-order valence-corrected chi connectivity index (χ1v) is 6.52. The molecule has 0 saturated carbocycles. The number of carbonyl (C=O) groups is 1. The van der Waals surface area contributed by atoms with E-state index in [2.05, 4.69) is 5.10 Å². The number of carbonyl (C=O) groups excluding carboxylic acids is 1. The Labute approximate surface area is 101 Å². The van der Waals surface area contributed by atoms with Crippen molar-refractivity contribution >= 4 is 22.8 Å². The Morgan fingerprint density at radius 2 is 1.88 bits per heavy atom. The van der Waals surface area contributed by atoms with Crippen molar-refractivity contribution in [3.63, 3.8) is 0 Å². The van der Waals surface area contributed by atoms with E-state index in [4.69, 9.17) is 11.6 Å². The zero-order valence-corrected chi connectivity index (χ0v) is 10.5. The minimum absolute atomic E-state index is 0.138. The van der Waals surface area contributed by atoms with Gasteiger partial charge in [-0.25, -0.2) is 0 Å². The molecule has 0 aliphatic carbocycles. The van der Waals surface area contributed by atoms with Gasteiger partial charge in [-0.1, -0.05) is 24.6 Å². The number of nitrogens with zero attached hydrogens (tertiary/aromatic N) is 2. The van der Waals surface area contributed by atoms with Crippen LogP contribution in [0.15, 0.2) is 5.10 Å². The normalized spacial score (nSPS) is 20.3. The summed E-state index contributed by atoms with van der Waals surface area (Å²) in [6.07, 6.45) is 4.64. The molecule has 0 aromatic heterocycles. The second kappa shape index (κ2) is 6.62. The largest absolute Gasteiger partial charge is 0.377 e. The molecule has 0 aromatic rings. The topological polar surface area (TPSA) is 84.7 Å². The molecule has 1 aliphatic rings. The molecule has 92 valence electrons. The number of amides is 1. The first-order chi connectivity index (χ1) is 7.65. The van der Waals surface area contributed by atoms with Crippen molar-refractivity contribution in [3.8, 4) is 0 Å². The first kappa shape index (κ1) is 13.2. The van der Waals surface area contributed by atoms with E-state index in [-0.39, 0.29) is 16.3 Å². The Kier molecular flexibility index (Phi) is 5.45. The van der Waals surface area contributed by atoms with Crippen LogP contribution in [-0.2, 0) is 4.79 Å². The maximum atomic E-state index is 12.1. The standard InChI is InChI=1S/C10H20N4OS/c1-8(16-10(11)13-12)9(15)14-6-4-2-3-5-7-14/h8H,2-7,12H2,1H3,(H2,11,13). The van der Waals surface area contributed by atoms with Gasteiger partial charge in [0.2, 0.25) is 5.91 Å². The van der Waals surface area contributed by atoms with Gasteiger partial charge in [0.05, 0.1) is 5.25 Å². The van der Waals surface area contributed by atoms with Crippen molar-refractivity contribution in [1.82, 2.24) is 4.90 Å². The summed E-state index contributed by atoms with van der Waals surface area (Å²) in [5, 5.41) is 3.42. The highest BCUT2D eigenvalue weighted by Crippen LogP contribution is 2.16. The Morgan fingerprint density at radius 1 is 1.31 bits per heavy atom. The maximum absolute atomic E-state index is 12.1. The quantitative estimate of drug-likeness (QED) is 0.324. The summed E-state index contributed by atoms with van der Waals surface area (Å²) < 4.78 is 0. The molecule has 4 N–H and O–H groups in total. The van der Waals surface area contributed by atoms with Crippen LogP contribution in [-0.4, -0.2) is 34.3 Å². The Hall–Kier alpha value is -0.910. The molecule has 1 saturated heterocycles. The van der Waals surface area contributed by atoms with Crippen LogP contribution < -0.4 is 11.6 Å². The number of hydrogen-bond acceptors (Lipinski definition) is 4. The highest BCUT2D eigenvalue weighted by Gasteiger charge is 2.22. The van der Waals surface area contributed by atoms with E-state index in [9.17, 15) is 4.79 Å². The lowest BCUT2D eigenvalue weighted by molar-refractivity contribution is -0.130. The molecule has 16 heavy (non-hydrogen) atoms. The second-order valence-electron chi connectivity index (χ2n) is 3.97. The summed E-state index contributed by atoms with van der Waals surface area (Å²) in [6.45, 7) is 3.57. The van der Waals surface area contributed by atoms with Gasteiger partial charge >= 0.3 is 0 Å². The Balaban J connectivity index is 2.48. The Bertz CT molecular complexity index is 262. The van der Waals surface area contributed by atoms with Crippen molar-refractivity contribution in [2.24, 2.45) is 16.7 Å². The maximum Gasteiger partial charge on any atom is 0.235 e. The zero-order chi connectivity index (χ0) is 12.0. The van der Waals surface area contributed by atoms with Crippen LogP contribution in [0.5, 0.6) is 0 Å². The van der Waals surface area contributed by atoms with Gasteiger partial charge < -0.3 is 16.5 Å². The smallest absolute Gasteiger partial charge is 0.235 e. The summed E-state index contributed by atoms with van der Waals surface area (Å²) in [7, 11) is 0. The number of hydrazone groups is 1. The number of hydrogen-bond donors (Lipinski definition) is 2. The molecule has 0 radical (unpaired) electrons. The van der Waals surface area contributed by atoms with Crippen LogP contribution in [0.2, 0.25) is 0 Å². The molecule has 1 atom stereocenters. The average Bonchev–Trinajstić information content (AvgIpc) is 2.56. The third-order valence-electron chi connectivity index (χ3n) is 2.69. The van der Waals surface area contributed by atoms with Gasteiger partial charge in [-0.2, -0.15) is 5.10 Å². The van der Waals surface area contributed by atoms with Gasteiger partial charge in [-0.3, -0.25) is 4.79 Å². The summed E-state index contributed by atoms with van der Waals surface area (Å²) >= 11 is 1.22. The lowest BCUT2D eigenvalue weighted by Gasteiger charge is -2.23. The van der Waals surface area contributed by atoms with E-state index in [0.717, 1.165) is 25.9 Å². The highest BCUT2D eigenvalue weighted by molar-refractivity contribution is 8.14. The third kappa shape index (κ3) is 3.92. The summed E-state index contributed by atoms with van der Waals surface area (Å²) in [5.41, 5.74) is 5.49. The second-order valence-corrected chi connectivity index (χ2v) is 5.33. The van der Waals surface area contributed by atoms with E-state index >= 15 is 0 Å². The fourth-order valence-electron chi connectivity index (χ4n) is 1.81. The van der Waals surface area contributed by atoms with Gasteiger partial charge in [-0.15, -0.1) is 0 Å². The lowest BCUT2D eigenvalue weighted by atomic mass is 10.2. The van der Waals surface area contributed by atoms with Gasteiger partial charge in [-0.05, 0) is 19.8 Å². The first-order valence-electron chi connectivity index (χ1n) is 5.64. The minimum atomic E-state index is -0.203. The van der Waals surface area contributed by atoms with Crippen LogP contribution in [0.25, 0.3) is 0 Å². The van der Waals surface area contributed by atoms with Gasteiger partial charge in [0.1, 0.15) is 0 Å². The average molecular weight is 244 g/mol. The summed E-state index contributed by atoms with van der Waals surface area (Å²) in [5.74, 6) is 5.18. The number of nitrogens with two attached hydrogens (primary N) is 2. The van der Waals surface area contributed by atoms with Crippen molar-refractivity contribution < 1.29 is 4.79 Å². The van der Waals surface area contributed by atoms with Gasteiger partial charge in [0.15, 0.2) is 5.17 Å². The predicted octanol–water partition coefficient (Wildman–Crippen LogP) is 0.699. The van der Waals surface area contributed by atoms with Crippen LogP contribution >= 0.6 is 11.8 Å². The van der Waals surface area contributed by atoms with Crippen LogP contribution in [0.3, 0.4) is 0 Å². The molecule has 0 spiro atoms. The van der Waals surface area contributed by atoms with Crippen LogP contribution in [0, 0.1) is 0 Å². The zero-order valence-electron chi connectivity index (χ0n) is 9.69. The van der Waals surface area contributed by atoms with Crippen molar-refractivity contribution in [3.05, 3.63) is 0 Å². The minimum Gasteiger partial charge on any atom is -0.377 e. The number of thioether (sulfide) groups is 1. The molecule has 1 unspecified atom stereocenters. The molecule has 0 aromatic carbocycles. The molecular formula is C10H20N4OS. The Morgan fingerprint density at radius 3 is 2.38 bits per heavy atom. The number of rotatable bonds is 2. The predicted molar refractivity (Wildman–Crippen MR) is 67.9 cm³/mol. The van der Waals surface area contributed by atoms with E-state index in [0.29, 0.717) is 0 Å². The SMILES string of the molecule is CC(SC(N)=NN)C(=O)N1CCCCCC1. The molecule has 5 nitrogen and oxygen atoms in total. The van der Waals surface area contributed by atoms with Crippen molar-refractivity contribution in [1.29, 1.82) is 0 Å². The van der Waals surface area contributed by atoms with E-state index in [1.165, 1.54) is 24.6 Å². The van der Waals surface area contributed by atoms with Gasteiger partial charge in [0.25, 0.3) is 0 Å². The monoisotopic (exact) mass is 244 g/mol. The van der Waals surface area contributed by atoms with Crippen molar-refractivity contribution in [2.75, 3.05) is 13.1 Å². The van der Waals surface area contributed by atoms with Crippen LogP contribution in [0.4, 0.5) is 0 Å². The van der Waals surface area contributed by atoms with E-state index in [1.54, 1.807) is 0 Å². The highest BCUT2D eigenvalue weighted by atomic mass is 32.2. The lowest BCUT2D eigenvalue weighted by Crippen LogP contribution is -2.38. The summed E-state index contributed by atoms with van der Waals surface area (Å²) in [6, 6.07) is 0. The molecular weight excluding hydrogens is 224 g/mol. The third-order valence-corrected chi connectivity index (χ3v) is 3.59. The fourth-order valence-corrected chi connectivity index (χ4v) is 2.48. The van der Waals surface area contributed by atoms with E-state index < -0.39 is 0 Å². The number of likely N-dealkylation sites (tertiary alicyclic amines) is 1. The molecule has 6 heteroatoms. The molecule has 1 heterocycles. The molecule has 1 aliphatic heterocycles. The summed E-state index contributed by atoms with van der Waals surface area (Å²) in [4.78, 5) is 14.0.